The van der Waals surface area contributed by atoms with E-state index in [0.717, 1.165) is 11.3 Å². The van der Waals surface area contributed by atoms with Gasteiger partial charge in [0.15, 0.2) is 17.3 Å². The summed E-state index contributed by atoms with van der Waals surface area (Å²) in [6, 6.07) is 13.0. The van der Waals surface area contributed by atoms with Crippen molar-refractivity contribution in [2.75, 3.05) is 13.7 Å². The number of halogens is 1. The number of benzene rings is 2. The van der Waals surface area contributed by atoms with Gasteiger partial charge in [0, 0.05) is 0 Å². The minimum absolute atomic E-state index is 0.210. The Balaban J connectivity index is 1.82. The second kappa shape index (κ2) is 9.38. The first-order valence-corrected chi connectivity index (χ1v) is 9.29. The highest BCUT2D eigenvalue weighted by Gasteiger charge is 2.11. The van der Waals surface area contributed by atoms with Crippen LogP contribution in [0.2, 0.25) is 5.02 Å². The lowest BCUT2D eigenvalue weighted by Gasteiger charge is -2.11. The molecule has 0 atom stereocenters. The van der Waals surface area contributed by atoms with E-state index in [1.54, 1.807) is 25.5 Å². The first-order chi connectivity index (χ1) is 13.6. The van der Waals surface area contributed by atoms with E-state index < -0.39 is 0 Å². The summed E-state index contributed by atoms with van der Waals surface area (Å²) in [7, 11) is 1.56. The molecule has 0 radical (unpaired) electrons. The molecule has 0 aliphatic carbocycles. The average molecular weight is 419 g/mol. The van der Waals surface area contributed by atoms with Crippen LogP contribution in [0, 0.1) is 4.77 Å². The summed E-state index contributed by atoms with van der Waals surface area (Å²) in [5.41, 5.74) is 0.725. The maximum atomic E-state index is 6.30. The van der Waals surface area contributed by atoms with E-state index in [-0.39, 0.29) is 6.61 Å². The van der Waals surface area contributed by atoms with Gasteiger partial charge in [0.1, 0.15) is 12.4 Å². The Morgan fingerprint density at radius 3 is 2.75 bits per heavy atom. The summed E-state index contributed by atoms with van der Waals surface area (Å²) in [5, 5.41) is 11.7. The molecule has 0 saturated heterocycles. The number of para-hydroxylation sites is 1. The second-order valence-electron chi connectivity index (χ2n) is 5.57. The molecular weight excluding hydrogens is 400 g/mol. The van der Waals surface area contributed by atoms with Crippen molar-refractivity contribution in [2.24, 2.45) is 5.10 Å². The monoisotopic (exact) mass is 418 g/mol. The Morgan fingerprint density at radius 2 is 2.04 bits per heavy atom. The van der Waals surface area contributed by atoms with Crippen LogP contribution in [-0.2, 0) is 6.61 Å². The molecular formula is C19H19ClN4O3S. The summed E-state index contributed by atoms with van der Waals surface area (Å²) in [6.07, 6.45) is 1.61. The number of aromatic nitrogens is 3. The maximum Gasteiger partial charge on any atom is 0.216 e. The molecule has 2 aromatic carbocycles. The smallest absolute Gasteiger partial charge is 0.216 e. The van der Waals surface area contributed by atoms with Crippen molar-refractivity contribution >= 4 is 30.0 Å². The molecule has 3 aromatic rings. The van der Waals surface area contributed by atoms with Crippen LogP contribution in [-0.4, -0.2) is 34.8 Å². The van der Waals surface area contributed by atoms with Crippen molar-refractivity contribution in [3.8, 4) is 17.2 Å². The molecule has 0 saturated carbocycles. The van der Waals surface area contributed by atoms with Crippen molar-refractivity contribution in [1.29, 1.82) is 0 Å². The summed E-state index contributed by atoms with van der Waals surface area (Å²) >= 11 is 11.6. The van der Waals surface area contributed by atoms with Gasteiger partial charge >= 0.3 is 0 Å². The molecule has 28 heavy (non-hydrogen) atoms. The van der Waals surface area contributed by atoms with E-state index in [2.05, 4.69) is 15.3 Å². The number of rotatable bonds is 8. The lowest BCUT2D eigenvalue weighted by Crippen LogP contribution is -2.04. The summed E-state index contributed by atoms with van der Waals surface area (Å²) in [5.74, 6) is 2.30. The number of hydrogen-bond acceptors (Lipinski definition) is 6. The standard InChI is InChI=1S/C19H19ClN4O3S/c1-3-26-18-15(20)9-13(10-16(18)25-2)11-21-24-17(22-23-19(24)28)12-27-14-7-5-4-6-8-14/h4-11H,3,12H2,1-2H3,(H,23,28)/b21-11-. The van der Waals surface area contributed by atoms with Crippen LogP contribution in [0.25, 0.3) is 0 Å². The lowest BCUT2D eigenvalue weighted by atomic mass is 10.2. The molecule has 0 spiro atoms. The summed E-state index contributed by atoms with van der Waals surface area (Å²) < 4.78 is 18.4. The number of H-pyrrole nitrogens is 1. The Hall–Kier alpha value is -2.84. The fourth-order valence-corrected chi connectivity index (χ4v) is 2.90. The highest BCUT2D eigenvalue weighted by molar-refractivity contribution is 7.71. The van der Waals surface area contributed by atoms with Crippen LogP contribution in [0.5, 0.6) is 17.2 Å². The highest BCUT2D eigenvalue weighted by Crippen LogP contribution is 2.36. The Morgan fingerprint density at radius 1 is 1.25 bits per heavy atom. The van der Waals surface area contributed by atoms with Gasteiger partial charge in [0.25, 0.3) is 0 Å². The van der Waals surface area contributed by atoms with Crippen LogP contribution < -0.4 is 14.2 Å². The van der Waals surface area contributed by atoms with Gasteiger partial charge in [0.05, 0.1) is 25.0 Å². The molecule has 7 nitrogen and oxygen atoms in total. The van der Waals surface area contributed by atoms with Crippen LogP contribution >= 0.6 is 23.8 Å². The molecule has 0 amide bonds. The van der Waals surface area contributed by atoms with Crippen LogP contribution in [0.15, 0.2) is 47.6 Å². The van der Waals surface area contributed by atoms with Crippen LogP contribution in [0.3, 0.4) is 0 Å². The predicted octanol–water partition coefficient (Wildman–Crippen LogP) is 4.46. The number of aromatic amines is 1. The van der Waals surface area contributed by atoms with Crippen molar-refractivity contribution < 1.29 is 14.2 Å². The fraction of sp³-hybridized carbons (Fsp3) is 0.211. The Kier molecular flexibility index (Phi) is 6.67. The van der Waals surface area contributed by atoms with Crippen molar-refractivity contribution in [3.63, 3.8) is 0 Å². The first-order valence-electron chi connectivity index (χ1n) is 8.51. The van der Waals surface area contributed by atoms with Gasteiger partial charge in [-0.1, -0.05) is 29.8 Å². The molecule has 0 aliphatic heterocycles. The third-order valence-electron chi connectivity index (χ3n) is 3.69. The summed E-state index contributed by atoms with van der Waals surface area (Å²) in [4.78, 5) is 0. The van der Waals surface area contributed by atoms with Crippen molar-refractivity contribution in [1.82, 2.24) is 14.9 Å². The van der Waals surface area contributed by atoms with Gasteiger partial charge in [-0.2, -0.15) is 14.9 Å². The lowest BCUT2D eigenvalue weighted by molar-refractivity contribution is 0.290. The highest BCUT2D eigenvalue weighted by atomic mass is 35.5. The zero-order chi connectivity index (χ0) is 19.9. The van der Waals surface area contributed by atoms with E-state index in [4.69, 9.17) is 38.0 Å². The second-order valence-corrected chi connectivity index (χ2v) is 6.36. The number of ether oxygens (including phenoxy) is 3. The molecule has 9 heteroatoms. The van der Waals surface area contributed by atoms with E-state index >= 15 is 0 Å². The molecule has 1 N–H and O–H groups in total. The predicted molar refractivity (Wildman–Crippen MR) is 110 cm³/mol. The van der Waals surface area contributed by atoms with Gasteiger partial charge < -0.3 is 14.2 Å². The van der Waals surface area contributed by atoms with E-state index in [0.29, 0.717) is 33.7 Å². The minimum Gasteiger partial charge on any atom is -0.493 e. The first kappa shape index (κ1) is 19.9. The normalized spacial score (nSPS) is 11.0. The van der Waals surface area contributed by atoms with Crippen LogP contribution in [0.1, 0.15) is 18.3 Å². The number of nitrogens with zero attached hydrogens (tertiary/aromatic N) is 3. The Labute approximate surface area is 172 Å². The van der Waals surface area contributed by atoms with Gasteiger partial charge in [-0.25, -0.2) is 5.10 Å². The van der Waals surface area contributed by atoms with Crippen LogP contribution in [0.4, 0.5) is 0 Å². The minimum atomic E-state index is 0.210. The molecule has 0 aliphatic rings. The van der Waals surface area contributed by atoms with Gasteiger partial charge in [-0.15, -0.1) is 0 Å². The molecule has 3 rings (SSSR count). The number of nitrogens with one attached hydrogen (secondary N) is 1. The number of hydrogen-bond donors (Lipinski definition) is 1. The van der Waals surface area contributed by atoms with E-state index in [9.17, 15) is 0 Å². The van der Waals surface area contributed by atoms with E-state index in [1.165, 1.54) is 4.68 Å². The molecule has 146 valence electrons. The quantitative estimate of drug-likeness (QED) is 0.431. The van der Waals surface area contributed by atoms with E-state index in [1.807, 2.05) is 37.3 Å². The largest absolute Gasteiger partial charge is 0.493 e. The molecule has 1 heterocycles. The molecule has 0 fully saturated rings. The third kappa shape index (κ3) is 4.71. The van der Waals surface area contributed by atoms with Gasteiger partial charge in [0.2, 0.25) is 4.77 Å². The number of methoxy groups -OCH3 is 1. The average Bonchev–Trinajstić information content (AvgIpc) is 3.06. The van der Waals surface area contributed by atoms with Crippen molar-refractivity contribution in [3.05, 3.63) is 63.6 Å². The zero-order valence-electron chi connectivity index (χ0n) is 15.4. The maximum absolute atomic E-state index is 6.30. The third-order valence-corrected chi connectivity index (χ3v) is 4.24. The van der Waals surface area contributed by atoms with Gasteiger partial charge in [-0.05, 0) is 49.0 Å². The zero-order valence-corrected chi connectivity index (χ0v) is 17.0. The molecule has 0 bridgehead atoms. The molecule has 0 unspecified atom stereocenters. The van der Waals surface area contributed by atoms with Crippen molar-refractivity contribution in [2.45, 2.75) is 13.5 Å². The molecule has 1 aromatic heterocycles. The topological polar surface area (TPSA) is 73.7 Å². The SMILES string of the molecule is CCOc1c(Cl)cc(/C=N\n2c(COc3ccccc3)n[nH]c2=S)cc1OC. The Bertz CT molecular complexity index is 1020. The fourth-order valence-electron chi connectivity index (χ4n) is 2.42. The summed E-state index contributed by atoms with van der Waals surface area (Å²) in [6.45, 7) is 2.57. The van der Waals surface area contributed by atoms with Gasteiger partial charge in [-0.3, -0.25) is 0 Å².